The first-order chi connectivity index (χ1) is 15.3. The van der Waals surface area contributed by atoms with Gasteiger partial charge in [-0.15, -0.1) is 0 Å². The molecule has 1 aliphatic carbocycles. The number of nitrogens with one attached hydrogen (secondary N) is 1. The molecule has 0 saturated heterocycles. The SMILES string of the molecule is C=Cc1c(C(F)(F)F)ccnc1C(=O)NC(c1cccc(Cl)c1Cl)C1(O)CCC(F)(F)CC1. The third-order valence-electron chi connectivity index (χ3n) is 5.67. The van der Waals surface area contributed by atoms with Gasteiger partial charge >= 0.3 is 6.18 Å². The van der Waals surface area contributed by atoms with E-state index in [-0.39, 0.29) is 15.6 Å². The molecule has 1 aromatic heterocycles. The molecule has 1 aliphatic rings. The number of alkyl halides is 5. The van der Waals surface area contributed by atoms with E-state index in [1.165, 1.54) is 18.2 Å². The third-order valence-corrected chi connectivity index (χ3v) is 6.50. The Kier molecular flexibility index (Phi) is 7.07. The summed E-state index contributed by atoms with van der Waals surface area (Å²) >= 11 is 12.3. The van der Waals surface area contributed by atoms with Gasteiger partial charge in [0.2, 0.25) is 5.92 Å². The third kappa shape index (κ3) is 5.31. The molecular formula is C22H19Cl2F5N2O2. The average Bonchev–Trinajstić information content (AvgIpc) is 2.75. The van der Waals surface area contributed by atoms with E-state index in [2.05, 4.69) is 16.9 Å². The van der Waals surface area contributed by atoms with Gasteiger partial charge in [-0.3, -0.25) is 9.78 Å². The second-order valence-corrected chi connectivity index (χ2v) is 8.62. The maximum atomic E-state index is 13.8. The van der Waals surface area contributed by atoms with E-state index in [0.29, 0.717) is 6.07 Å². The Bertz CT molecular complexity index is 1070. The smallest absolute Gasteiger partial charge is 0.387 e. The van der Waals surface area contributed by atoms with Crippen molar-refractivity contribution in [3.05, 3.63) is 69.5 Å². The molecule has 3 rings (SSSR count). The minimum Gasteiger partial charge on any atom is -0.387 e. The molecule has 1 heterocycles. The first-order valence-corrected chi connectivity index (χ1v) is 10.6. The van der Waals surface area contributed by atoms with Crippen LogP contribution in [-0.2, 0) is 6.18 Å². The lowest BCUT2D eigenvalue weighted by molar-refractivity contribution is -0.137. The molecule has 1 amide bonds. The normalized spacial score (nSPS) is 18.4. The van der Waals surface area contributed by atoms with Gasteiger partial charge in [0.1, 0.15) is 5.69 Å². The van der Waals surface area contributed by atoms with Crippen LogP contribution in [0.3, 0.4) is 0 Å². The van der Waals surface area contributed by atoms with Crippen LogP contribution in [0.15, 0.2) is 37.0 Å². The van der Waals surface area contributed by atoms with Crippen LogP contribution >= 0.6 is 23.2 Å². The van der Waals surface area contributed by atoms with Crippen molar-refractivity contribution < 1.29 is 31.9 Å². The number of carbonyl (C=O) groups is 1. The number of nitrogens with zero attached hydrogens (tertiary/aromatic N) is 1. The number of aromatic nitrogens is 1. The number of aliphatic hydroxyl groups is 1. The fraction of sp³-hybridized carbons (Fsp3) is 0.364. The Hall–Kier alpha value is -2.23. The molecule has 0 spiro atoms. The monoisotopic (exact) mass is 508 g/mol. The number of benzene rings is 1. The van der Waals surface area contributed by atoms with Crippen molar-refractivity contribution >= 4 is 35.2 Å². The van der Waals surface area contributed by atoms with Gasteiger partial charge < -0.3 is 10.4 Å². The van der Waals surface area contributed by atoms with Crippen molar-refractivity contribution in [3.63, 3.8) is 0 Å². The summed E-state index contributed by atoms with van der Waals surface area (Å²) in [6.45, 7) is 3.34. The number of halogens is 7. The van der Waals surface area contributed by atoms with E-state index in [1.807, 2.05) is 0 Å². The molecule has 1 aromatic carbocycles. The molecule has 1 unspecified atom stereocenters. The summed E-state index contributed by atoms with van der Waals surface area (Å²) in [4.78, 5) is 16.8. The zero-order valence-electron chi connectivity index (χ0n) is 17.0. The van der Waals surface area contributed by atoms with Gasteiger partial charge in [0, 0.05) is 24.6 Å². The van der Waals surface area contributed by atoms with Gasteiger partial charge in [-0.05, 0) is 30.5 Å². The molecule has 0 bridgehead atoms. The van der Waals surface area contributed by atoms with Gasteiger partial charge in [-0.1, -0.05) is 48.0 Å². The van der Waals surface area contributed by atoms with Gasteiger partial charge in [0.25, 0.3) is 5.91 Å². The first kappa shape index (κ1) is 25.4. The first-order valence-electron chi connectivity index (χ1n) is 9.83. The lowest BCUT2D eigenvalue weighted by Gasteiger charge is -2.42. The van der Waals surface area contributed by atoms with Gasteiger partial charge in [0.15, 0.2) is 0 Å². The molecule has 0 radical (unpaired) electrons. The van der Waals surface area contributed by atoms with Crippen LogP contribution in [0.1, 0.15) is 58.9 Å². The molecular weight excluding hydrogens is 490 g/mol. The van der Waals surface area contributed by atoms with Crippen molar-refractivity contribution in [2.24, 2.45) is 0 Å². The van der Waals surface area contributed by atoms with Crippen LogP contribution in [0.2, 0.25) is 10.0 Å². The molecule has 4 nitrogen and oxygen atoms in total. The number of hydrogen-bond donors (Lipinski definition) is 2. The van der Waals surface area contributed by atoms with E-state index < -0.39 is 72.2 Å². The van der Waals surface area contributed by atoms with Crippen LogP contribution in [0.25, 0.3) is 6.08 Å². The summed E-state index contributed by atoms with van der Waals surface area (Å²) in [7, 11) is 0. The van der Waals surface area contributed by atoms with E-state index in [9.17, 15) is 31.9 Å². The summed E-state index contributed by atoms with van der Waals surface area (Å²) in [6, 6.07) is 3.74. The highest BCUT2D eigenvalue weighted by Crippen LogP contribution is 2.46. The molecule has 33 heavy (non-hydrogen) atoms. The Morgan fingerprint density at radius 3 is 2.39 bits per heavy atom. The molecule has 2 N–H and O–H groups in total. The zero-order chi connectivity index (χ0) is 24.6. The highest BCUT2D eigenvalue weighted by atomic mass is 35.5. The predicted octanol–water partition coefficient (Wildman–Crippen LogP) is 6.46. The van der Waals surface area contributed by atoms with Crippen LogP contribution < -0.4 is 5.32 Å². The van der Waals surface area contributed by atoms with Crippen LogP contribution in [0.4, 0.5) is 22.0 Å². The second-order valence-electron chi connectivity index (χ2n) is 7.83. The minimum absolute atomic E-state index is 0.0313. The Morgan fingerprint density at radius 2 is 1.82 bits per heavy atom. The number of hydrogen-bond acceptors (Lipinski definition) is 3. The number of rotatable bonds is 5. The van der Waals surface area contributed by atoms with E-state index in [0.717, 1.165) is 12.3 Å². The highest BCUT2D eigenvalue weighted by Gasteiger charge is 2.48. The summed E-state index contributed by atoms with van der Waals surface area (Å²) in [5.41, 5.74) is -3.99. The van der Waals surface area contributed by atoms with Crippen molar-refractivity contribution in [1.82, 2.24) is 10.3 Å². The van der Waals surface area contributed by atoms with E-state index >= 15 is 0 Å². The molecule has 1 fully saturated rings. The Labute approximate surface area is 196 Å². The number of pyridine rings is 1. The summed E-state index contributed by atoms with van der Waals surface area (Å²) < 4.78 is 67.7. The number of amides is 1. The lowest BCUT2D eigenvalue weighted by atomic mass is 9.75. The van der Waals surface area contributed by atoms with Crippen molar-refractivity contribution in [1.29, 1.82) is 0 Å². The summed E-state index contributed by atoms with van der Waals surface area (Å²) in [6.07, 6.45) is -5.17. The maximum absolute atomic E-state index is 13.8. The summed E-state index contributed by atoms with van der Waals surface area (Å²) in [5.74, 6) is -4.06. The average molecular weight is 509 g/mol. The second kappa shape index (κ2) is 9.19. The zero-order valence-corrected chi connectivity index (χ0v) is 18.5. The molecule has 0 aliphatic heterocycles. The van der Waals surface area contributed by atoms with Gasteiger partial charge in [-0.25, -0.2) is 8.78 Å². The topological polar surface area (TPSA) is 62.2 Å². The predicted molar refractivity (Wildman–Crippen MR) is 114 cm³/mol. The van der Waals surface area contributed by atoms with Gasteiger partial charge in [-0.2, -0.15) is 13.2 Å². The largest absolute Gasteiger partial charge is 0.417 e. The lowest BCUT2D eigenvalue weighted by Crippen LogP contribution is -2.50. The van der Waals surface area contributed by atoms with Crippen LogP contribution in [-0.4, -0.2) is 27.5 Å². The highest BCUT2D eigenvalue weighted by molar-refractivity contribution is 6.42. The van der Waals surface area contributed by atoms with E-state index in [1.54, 1.807) is 0 Å². The minimum atomic E-state index is -4.77. The maximum Gasteiger partial charge on any atom is 0.417 e. The fourth-order valence-electron chi connectivity index (χ4n) is 3.89. The molecule has 11 heteroatoms. The van der Waals surface area contributed by atoms with Crippen molar-refractivity contribution in [2.75, 3.05) is 0 Å². The standard InChI is InChI=1S/C22H19Cl2F5N2O2/c1-2-12-14(22(27,28)29)6-11-30-17(12)19(32)31-18(13-4-3-5-15(23)16(13)24)20(33)7-9-21(25,26)10-8-20/h2-6,11,18,33H,1,7-10H2,(H,31,32). The molecule has 2 aromatic rings. The molecule has 1 atom stereocenters. The van der Waals surface area contributed by atoms with E-state index in [4.69, 9.17) is 23.2 Å². The molecule has 178 valence electrons. The van der Waals surface area contributed by atoms with Gasteiger partial charge in [0.05, 0.1) is 27.3 Å². The van der Waals surface area contributed by atoms with Crippen molar-refractivity contribution in [3.8, 4) is 0 Å². The van der Waals surface area contributed by atoms with Crippen LogP contribution in [0.5, 0.6) is 0 Å². The molecule has 1 saturated carbocycles. The van der Waals surface area contributed by atoms with Crippen molar-refractivity contribution in [2.45, 2.75) is 49.4 Å². The quantitative estimate of drug-likeness (QED) is 0.455. The fourth-order valence-corrected chi connectivity index (χ4v) is 4.31. The number of carbonyl (C=O) groups excluding carboxylic acids is 1. The Balaban J connectivity index is 2.06. The van der Waals surface area contributed by atoms with Crippen LogP contribution in [0, 0.1) is 0 Å². The Morgan fingerprint density at radius 1 is 1.18 bits per heavy atom. The summed E-state index contributed by atoms with van der Waals surface area (Å²) in [5, 5.41) is 13.8.